The molecule has 0 atom stereocenters. The van der Waals surface area contributed by atoms with Crippen LogP contribution in [0.3, 0.4) is 0 Å². The predicted octanol–water partition coefficient (Wildman–Crippen LogP) is 3.52. The van der Waals surface area contributed by atoms with Crippen molar-refractivity contribution in [3.63, 3.8) is 0 Å². The fraction of sp³-hybridized carbons (Fsp3) is 0.316. The lowest BCUT2D eigenvalue weighted by molar-refractivity contribution is -0.114. The summed E-state index contributed by atoms with van der Waals surface area (Å²) in [5.74, 6) is -0.0362. The van der Waals surface area contributed by atoms with Gasteiger partial charge in [-0.05, 0) is 42.2 Å². The summed E-state index contributed by atoms with van der Waals surface area (Å²) in [4.78, 5) is 12.4. The largest absolute Gasteiger partial charge is 0.325 e. The van der Waals surface area contributed by atoms with Crippen LogP contribution in [0, 0.1) is 6.92 Å². The van der Waals surface area contributed by atoms with Crippen LogP contribution in [0.1, 0.15) is 30.9 Å². The molecule has 0 bridgehead atoms. The van der Waals surface area contributed by atoms with Gasteiger partial charge in [-0.3, -0.25) is 9.10 Å². The van der Waals surface area contributed by atoms with E-state index in [0.29, 0.717) is 17.3 Å². The Hall–Kier alpha value is -2.34. The molecule has 0 aliphatic carbocycles. The zero-order valence-corrected chi connectivity index (χ0v) is 15.8. The van der Waals surface area contributed by atoms with Crippen molar-refractivity contribution in [2.45, 2.75) is 26.7 Å². The molecule has 0 unspecified atom stereocenters. The zero-order chi connectivity index (χ0) is 18.6. The molecule has 0 aromatic heterocycles. The number of amides is 1. The van der Waals surface area contributed by atoms with Crippen molar-refractivity contribution < 1.29 is 13.2 Å². The van der Waals surface area contributed by atoms with Gasteiger partial charge >= 0.3 is 0 Å². The molecule has 1 N–H and O–H groups in total. The Kier molecular flexibility index (Phi) is 5.85. The Morgan fingerprint density at radius 1 is 1.12 bits per heavy atom. The molecular weight excluding hydrogens is 336 g/mol. The smallest absolute Gasteiger partial charge is 0.245 e. The molecule has 0 saturated heterocycles. The SMILES string of the molecule is Cc1ccccc1N(CC(=O)Nc1cccc(C(C)C)c1)S(C)(=O)=O. The van der Waals surface area contributed by atoms with Gasteiger partial charge in [-0.25, -0.2) is 8.42 Å². The average molecular weight is 360 g/mol. The molecule has 0 aliphatic heterocycles. The molecule has 1 amide bonds. The van der Waals surface area contributed by atoms with Crippen LogP contribution < -0.4 is 9.62 Å². The number of para-hydroxylation sites is 1. The number of benzene rings is 2. The quantitative estimate of drug-likeness (QED) is 0.857. The maximum absolute atomic E-state index is 12.4. The highest BCUT2D eigenvalue weighted by Crippen LogP contribution is 2.22. The van der Waals surface area contributed by atoms with Crippen molar-refractivity contribution in [3.8, 4) is 0 Å². The van der Waals surface area contributed by atoms with E-state index in [4.69, 9.17) is 0 Å². The number of carbonyl (C=O) groups is 1. The van der Waals surface area contributed by atoms with Crippen LogP contribution >= 0.6 is 0 Å². The van der Waals surface area contributed by atoms with Gasteiger partial charge in [-0.15, -0.1) is 0 Å². The van der Waals surface area contributed by atoms with Crippen molar-refractivity contribution in [1.29, 1.82) is 0 Å². The molecule has 2 aromatic rings. The molecule has 6 heteroatoms. The van der Waals surface area contributed by atoms with Crippen LogP contribution in [0.15, 0.2) is 48.5 Å². The highest BCUT2D eigenvalue weighted by molar-refractivity contribution is 7.92. The summed E-state index contributed by atoms with van der Waals surface area (Å²) in [6, 6.07) is 14.7. The van der Waals surface area contributed by atoms with Gasteiger partial charge in [0.15, 0.2) is 0 Å². The summed E-state index contributed by atoms with van der Waals surface area (Å²) in [6.45, 7) is 5.70. The monoisotopic (exact) mass is 360 g/mol. The highest BCUT2D eigenvalue weighted by atomic mass is 32.2. The summed E-state index contributed by atoms with van der Waals surface area (Å²) in [5, 5.41) is 2.78. The van der Waals surface area contributed by atoms with E-state index < -0.39 is 10.0 Å². The van der Waals surface area contributed by atoms with Crippen LogP contribution in [-0.2, 0) is 14.8 Å². The Bertz CT molecular complexity index is 860. The van der Waals surface area contributed by atoms with E-state index in [1.807, 2.05) is 37.3 Å². The molecule has 0 heterocycles. The van der Waals surface area contributed by atoms with Gasteiger partial charge in [0, 0.05) is 5.69 Å². The number of nitrogens with zero attached hydrogens (tertiary/aromatic N) is 1. The van der Waals surface area contributed by atoms with Gasteiger partial charge in [0.2, 0.25) is 15.9 Å². The lowest BCUT2D eigenvalue weighted by Crippen LogP contribution is -2.37. The summed E-state index contributed by atoms with van der Waals surface area (Å²) < 4.78 is 25.5. The molecule has 0 aliphatic rings. The fourth-order valence-corrected chi connectivity index (χ4v) is 3.44. The summed E-state index contributed by atoms with van der Waals surface area (Å²) in [7, 11) is -3.58. The Morgan fingerprint density at radius 3 is 2.40 bits per heavy atom. The van der Waals surface area contributed by atoms with E-state index >= 15 is 0 Å². The number of rotatable bonds is 6. The second kappa shape index (κ2) is 7.70. The second-order valence-corrected chi connectivity index (χ2v) is 8.29. The molecule has 0 radical (unpaired) electrons. The van der Waals surface area contributed by atoms with Crippen LogP contribution in [0.4, 0.5) is 11.4 Å². The van der Waals surface area contributed by atoms with E-state index in [9.17, 15) is 13.2 Å². The van der Waals surface area contributed by atoms with E-state index in [2.05, 4.69) is 19.2 Å². The van der Waals surface area contributed by atoms with Crippen LogP contribution in [0.5, 0.6) is 0 Å². The molecule has 2 rings (SSSR count). The highest BCUT2D eigenvalue weighted by Gasteiger charge is 2.22. The number of nitrogens with one attached hydrogen (secondary N) is 1. The molecule has 2 aromatic carbocycles. The summed E-state index contributed by atoms with van der Waals surface area (Å²) in [6.07, 6.45) is 1.10. The molecule has 5 nitrogen and oxygen atoms in total. The maximum atomic E-state index is 12.4. The zero-order valence-electron chi connectivity index (χ0n) is 15.0. The lowest BCUT2D eigenvalue weighted by atomic mass is 10.0. The van der Waals surface area contributed by atoms with Crippen molar-refractivity contribution in [2.24, 2.45) is 0 Å². The average Bonchev–Trinajstić information content (AvgIpc) is 2.52. The van der Waals surface area contributed by atoms with Gasteiger partial charge in [0.1, 0.15) is 6.54 Å². The molecule has 25 heavy (non-hydrogen) atoms. The van der Waals surface area contributed by atoms with Crippen molar-refractivity contribution >= 4 is 27.3 Å². The minimum atomic E-state index is -3.58. The van der Waals surface area contributed by atoms with Crippen molar-refractivity contribution in [1.82, 2.24) is 0 Å². The first-order valence-electron chi connectivity index (χ1n) is 8.11. The Balaban J connectivity index is 2.21. The van der Waals surface area contributed by atoms with Gasteiger partial charge in [0.25, 0.3) is 0 Å². The molecule has 0 spiro atoms. The predicted molar refractivity (Wildman–Crippen MR) is 103 cm³/mol. The Morgan fingerprint density at radius 2 is 1.80 bits per heavy atom. The summed E-state index contributed by atoms with van der Waals surface area (Å²) in [5.41, 5.74) is 3.07. The minimum absolute atomic E-state index is 0.268. The van der Waals surface area contributed by atoms with E-state index in [0.717, 1.165) is 21.7 Å². The number of hydrogen-bond donors (Lipinski definition) is 1. The van der Waals surface area contributed by atoms with E-state index in [1.54, 1.807) is 18.2 Å². The van der Waals surface area contributed by atoms with Crippen LogP contribution in [-0.4, -0.2) is 27.1 Å². The first-order chi connectivity index (χ1) is 11.7. The molecule has 0 fully saturated rings. The van der Waals surface area contributed by atoms with Gasteiger partial charge < -0.3 is 5.32 Å². The standard InChI is InChI=1S/C19H24N2O3S/c1-14(2)16-9-7-10-17(12-16)20-19(22)13-21(25(4,23)24)18-11-6-5-8-15(18)3/h5-12,14H,13H2,1-4H3,(H,20,22). The van der Waals surface area contributed by atoms with Gasteiger partial charge in [0.05, 0.1) is 11.9 Å². The van der Waals surface area contributed by atoms with E-state index in [1.165, 1.54) is 0 Å². The van der Waals surface area contributed by atoms with Crippen molar-refractivity contribution in [3.05, 3.63) is 59.7 Å². The number of anilines is 2. The maximum Gasteiger partial charge on any atom is 0.245 e. The lowest BCUT2D eigenvalue weighted by Gasteiger charge is -2.23. The first-order valence-corrected chi connectivity index (χ1v) is 9.96. The molecule has 134 valence electrons. The Labute approximate surface area is 149 Å². The number of aryl methyl sites for hydroxylation is 1. The van der Waals surface area contributed by atoms with Gasteiger partial charge in [-0.1, -0.05) is 44.2 Å². The summed E-state index contributed by atoms with van der Waals surface area (Å²) >= 11 is 0. The molecular formula is C19H24N2O3S. The van der Waals surface area contributed by atoms with Gasteiger partial charge in [-0.2, -0.15) is 0 Å². The number of sulfonamides is 1. The fourth-order valence-electron chi connectivity index (χ4n) is 2.53. The van der Waals surface area contributed by atoms with Crippen LogP contribution in [0.2, 0.25) is 0 Å². The third kappa shape index (κ3) is 5.06. The minimum Gasteiger partial charge on any atom is -0.325 e. The van der Waals surface area contributed by atoms with Crippen LogP contribution in [0.25, 0.3) is 0 Å². The number of hydrogen-bond acceptors (Lipinski definition) is 3. The topological polar surface area (TPSA) is 66.5 Å². The second-order valence-electron chi connectivity index (χ2n) is 6.38. The van der Waals surface area contributed by atoms with E-state index in [-0.39, 0.29) is 12.5 Å². The molecule has 0 saturated carbocycles. The third-order valence-corrected chi connectivity index (χ3v) is 5.04. The first kappa shape index (κ1) is 19.0. The normalized spacial score (nSPS) is 11.4. The number of carbonyl (C=O) groups excluding carboxylic acids is 1. The van der Waals surface area contributed by atoms with Crippen molar-refractivity contribution in [2.75, 3.05) is 22.4 Å². The third-order valence-electron chi connectivity index (χ3n) is 3.91.